The van der Waals surface area contributed by atoms with E-state index < -0.39 is 0 Å². The van der Waals surface area contributed by atoms with E-state index in [2.05, 4.69) is 41.1 Å². The summed E-state index contributed by atoms with van der Waals surface area (Å²) < 4.78 is 6.43. The van der Waals surface area contributed by atoms with Crippen LogP contribution < -0.4 is 5.73 Å². The molecule has 2 N–H and O–H groups in total. The molecule has 0 amide bonds. The quantitative estimate of drug-likeness (QED) is 0.901. The van der Waals surface area contributed by atoms with E-state index in [-0.39, 0.29) is 6.04 Å². The number of nitrogens with two attached hydrogens (primary N) is 1. The summed E-state index contributed by atoms with van der Waals surface area (Å²) >= 11 is 3.53. The number of benzene rings is 1. The third-order valence-electron chi connectivity index (χ3n) is 2.92. The van der Waals surface area contributed by atoms with E-state index >= 15 is 0 Å². The average Bonchev–Trinajstić information content (AvgIpc) is 2.33. The zero-order chi connectivity index (χ0) is 11.5. The van der Waals surface area contributed by atoms with Crippen LogP contribution in [0.2, 0.25) is 0 Å². The molecule has 1 aliphatic heterocycles. The highest BCUT2D eigenvalue weighted by Crippen LogP contribution is 2.28. The first-order chi connectivity index (χ1) is 7.68. The van der Waals surface area contributed by atoms with Crippen LogP contribution in [0, 0.1) is 6.92 Å². The Balaban J connectivity index is 2.22. The minimum absolute atomic E-state index is 0.0443. The summed E-state index contributed by atoms with van der Waals surface area (Å²) in [6.45, 7) is 2.89. The smallest absolute Gasteiger partial charge is 0.0876 e. The first kappa shape index (κ1) is 11.7. The molecule has 1 aromatic carbocycles. The van der Waals surface area contributed by atoms with Gasteiger partial charge in [0, 0.05) is 4.47 Å². The first-order valence-electron chi connectivity index (χ1n) is 5.50. The monoisotopic (exact) mass is 281 g/mol. The predicted molar refractivity (Wildman–Crippen MR) is 69.1 cm³/mol. The second-order valence-corrected chi connectivity index (χ2v) is 5.01. The lowest BCUT2D eigenvalue weighted by Crippen LogP contribution is -2.16. The normalized spacial score (nSPS) is 17.6. The second kappa shape index (κ2) is 5.02. The maximum Gasteiger partial charge on any atom is 0.0876 e. The topological polar surface area (TPSA) is 35.2 Å². The molecular weight excluding hydrogens is 266 g/mol. The Labute approximate surface area is 105 Å². The van der Waals surface area contributed by atoms with Crippen molar-refractivity contribution in [3.63, 3.8) is 0 Å². The van der Waals surface area contributed by atoms with Gasteiger partial charge in [0.1, 0.15) is 0 Å². The van der Waals surface area contributed by atoms with Gasteiger partial charge in [0.05, 0.1) is 18.9 Å². The van der Waals surface area contributed by atoms with Gasteiger partial charge in [-0.2, -0.15) is 0 Å². The molecule has 0 radical (unpaired) electrons. The van der Waals surface area contributed by atoms with Gasteiger partial charge in [-0.3, -0.25) is 0 Å². The summed E-state index contributed by atoms with van der Waals surface area (Å²) in [6.07, 6.45) is 3.92. The Morgan fingerprint density at radius 2 is 2.25 bits per heavy atom. The van der Waals surface area contributed by atoms with Crippen LogP contribution in [0.1, 0.15) is 30.0 Å². The lowest BCUT2D eigenvalue weighted by atomic mass is 9.95. The Morgan fingerprint density at radius 1 is 1.44 bits per heavy atom. The van der Waals surface area contributed by atoms with E-state index in [0.29, 0.717) is 0 Å². The summed E-state index contributed by atoms with van der Waals surface area (Å²) in [4.78, 5) is 0. The van der Waals surface area contributed by atoms with Crippen LogP contribution in [0.3, 0.4) is 0 Å². The molecule has 1 unspecified atom stereocenters. The Hall–Kier alpha value is -0.800. The molecule has 0 saturated heterocycles. The summed E-state index contributed by atoms with van der Waals surface area (Å²) in [6, 6.07) is 6.22. The Bertz CT molecular complexity index is 414. The van der Waals surface area contributed by atoms with E-state index in [1.165, 1.54) is 11.1 Å². The van der Waals surface area contributed by atoms with E-state index in [4.69, 9.17) is 10.5 Å². The molecule has 0 aliphatic carbocycles. The summed E-state index contributed by atoms with van der Waals surface area (Å²) in [5.41, 5.74) is 9.76. The molecule has 0 spiro atoms. The van der Waals surface area contributed by atoms with Crippen molar-refractivity contribution >= 4 is 15.9 Å². The highest BCUT2D eigenvalue weighted by Gasteiger charge is 2.15. The van der Waals surface area contributed by atoms with Gasteiger partial charge in [-0.15, -0.1) is 0 Å². The van der Waals surface area contributed by atoms with Crippen LogP contribution in [0.15, 0.2) is 34.5 Å². The number of rotatable bonds is 2. The lowest BCUT2D eigenvalue weighted by Gasteiger charge is -2.20. The third-order valence-corrected chi connectivity index (χ3v) is 3.77. The number of hydrogen-bond donors (Lipinski definition) is 1. The maximum atomic E-state index is 6.22. The van der Waals surface area contributed by atoms with Crippen molar-refractivity contribution in [2.24, 2.45) is 5.73 Å². The van der Waals surface area contributed by atoms with Gasteiger partial charge in [-0.05, 0) is 42.5 Å². The zero-order valence-electron chi connectivity index (χ0n) is 9.37. The van der Waals surface area contributed by atoms with Crippen molar-refractivity contribution in [3.05, 3.63) is 45.6 Å². The van der Waals surface area contributed by atoms with E-state index in [0.717, 1.165) is 29.5 Å². The maximum absolute atomic E-state index is 6.22. The van der Waals surface area contributed by atoms with Crippen LogP contribution >= 0.6 is 15.9 Å². The second-order valence-electron chi connectivity index (χ2n) is 4.15. The minimum atomic E-state index is -0.0443. The van der Waals surface area contributed by atoms with Crippen molar-refractivity contribution in [2.75, 3.05) is 6.61 Å². The number of ether oxygens (including phenoxy) is 1. The van der Waals surface area contributed by atoms with Crippen molar-refractivity contribution in [3.8, 4) is 0 Å². The molecule has 0 bridgehead atoms. The van der Waals surface area contributed by atoms with Crippen molar-refractivity contribution < 1.29 is 4.74 Å². The standard InChI is InChI=1S/C13H16BrNO/c1-9-4-5-10(7-12(9)14)13(15)11-3-2-6-16-8-11/h4-5,7-8,13H,2-3,6,15H2,1H3. The fourth-order valence-electron chi connectivity index (χ4n) is 1.83. The molecule has 1 atom stereocenters. The molecule has 3 heteroatoms. The molecule has 86 valence electrons. The van der Waals surface area contributed by atoms with Gasteiger partial charge >= 0.3 is 0 Å². The van der Waals surface area contributed by atoms with Crippen molar-refractivity contribution in [2.45, 2.75) is 25.8 Å². The fourth-order valence-corrected chi connectivity index (χ4v) is 2.23. The summed E-state index contributed by atoms with van der Waals surface area (Å²) in [5, 5.41) is 0. The van der Waals surface area contributed by atoms with E-state index in [1.807, 2.05) is 6.26 Å². The molecule has 0 saturated carbocycles. The zero-order valence-corrected chi connectivity index (χ0v) is 11.0. The summed E-state index contributed by atoms with van der Waals surface area (Å²) in [5.74, 6) is 0. The molecule has 1 aliphatic rings. The average molecular weight is 282 g/mol. The fraction of sp³-hybridized carbons (Fsp3) is 0.385. The molecule has 16 heavy (non-hydrogen) atoms. The van der Waals surface area contributed by atoms with Gasteiger partial charge in [-0.25, -0.2) is 0 Å². The number of hydrogen-bond acceptors (Lipinski definition) is 2. The van der Waals surface area contributed by atoms with Gasteiger partial charge in [0.25, 0.3) is 0 Å². The van der Waals surface area contributed by atoms with Gasteiger partial charge in [-0.1, -0.05) is 28.1 Å². The van der Waals surface area contributed by atoms with Crippen molar-refractivity contribution in [1.82, 2.24) is 0 Å². The summed E-state index contributed by atoms with van der Waals surface area (Å²) in [7, 11) is 0. The van der Waals surface area contributed by atoms with Crippen molar-refractivity contribution in [1.29, 1.82) is 0 Å². The molecular formula is C13H16BrNO. The minimum Gasteiger partial charge on any atom is -0.501 e. The molecule has 1 aromatic rings. The Morgan fingerprint density at radius 3 is 2.88 bits per heavy atom. The first-order valence-corrected chi connectivity index (χ1v) is 6.30. The van der Waals surface area contributed by atoms with Crippen LogP contribution in [0.5, 0.6) is 0 Å². The molecule has 1 heterocycles. The van der Waals surface area contributed by atoms with Gasteiger partial charge in [0.2, 0.25) is 0 Å². The van der Waals surface area contributed by atoms with E-state index in [1.54, 1.807) is 0 Å². The van der Waals surface area contributed by atoms with Crippen LogP contribution in [-0.4, -0.2) is 6.61 Å². The van der Waals surface area contributed by atoms with Gasteiger partial charge < -0.3 is 10.5 Å². The van der Waals surface area contributed by atoms with Crippen LogP contribution in [0.4, 0.5) is 0 Å². The van der Waals surface area contributed by atoms with Crippen LogP contribution in [-0.2, 0) is 4.74 Å². The number of aryl methyl sites for hydroxylation is 1. The molecule has 2 rings (SSSR count). The highest BCUT2D eigenvalue weighted by atomic mass is 79.9. The molecule has 0 fully saturated rings. The number of halogens is 1. The van der Waals surface area contributed by atoms with E-state index in [9.17, 15) is 0 Å². The third kappa shape index (κ3) is 2.47. The Kier molecular flexibility index (Phi) is 3.66. The SMILES string of the molecule is Cc1ccc(C(N)C2=COCCC2)cc1Br. The highest BCUT2D eigenvalue weighted by molar-refractivity contribution is 9.10. The largest absolute Gasteiger partial charge is 0.501 e. The van der Waals surface area contributed by atoms with Gasteiger partial charge in [0.15, 0.2) is 0 Å². The lowest BCUT2D eigenvalue weighted by molar-refractivity contribution is 0.221. The predicted octanol–water partition coefficient (Wildman–Crippen LogP) is 3.45. The van der Waals surface area contributed by atoms with Crippen LogP contribution in [0.25, 0.3) is 0 Å². The molecule has 0 aromatic heterocycles. The molecule has 2 nitrogen and oxygen atoms in total.